The fourth-order valence-electron chi connectivity index (χ4n) is 7.64. The van der Waals surface area contributed by atoms with Crippen LogP contribution >= 0.6 is 0 Å². The van der Waals surface area contributed by atoms with E-state index in [9.17, 15) is 5.11 Å². The van der Waals surface area contributed by atoms with Crippen LogP contribution in [0.15, 0.2) is 42.6 Å². The van der Waals surface area contributed by atoms with Gasteiger partial charge in [0, 0.05) is 36.9 Å². The maximum Gasteiger partial charge on any atom is 0.319 e. The number of pyridine rings is 1. The van der Waals surface area contributed by atoms with Gasteiger partial charge < -0.3 is 20.1 Å². The summed E-state index contributed by atoms with van der Waals surface area (Å²) in [7, 11) is 0. The van der Waals surface area contributed by atoms with Crippen molar-refractivity contribution in [2.24, 2.45) is 0 Å². The Kier molecular flexibility index (Phi) is 5.60. The van der Waals surface area contributed by atoms with Gasteiger partial charge >= 0.3 is 6.01 Å². The van der Waals surface area contributed by atoms with E-state index in [4.69, 9.17) is 9.72 Å². The lowest BCUT2D eigenvalue weighted by atomic mass is 9.95. The maximum absolute atomic E-state index is 16.5. The molecule has 2 N–H and O–H groups in total. The van der Waals surface area contributed by atoms with Crippen molar-refractivity contribution < 1.29 is 14.2 Å². The van der Waals surface area contributed by atoms with Gasteiger partial charge in [0.25, 0.3) is 0 Å². The number of aromatic nitrogens is 3. The number of fused-ring (bicyclic) bond motifs is 5. The normalized spacial score (nSPS) is 23.8. The minimum Gasteiger partial charge on any atom is -0.508 e. The Balaban J connectivity index is 1.25. The van der Waals surface area contributed by atoms with Crippen LogP contribution in [-0.4, -0.2) is 75.4 Å². The number of halogens is 1. The summed E-state index contributed by atoms with van der Waals surface area (Å²) in [6, 6.07) is 11.9. The Labute approximate surface area is 232 Å². The summed E-state index contributed by atoms with van der Waals surface area (Å²) in [4.78, 5) is 19.0. The number of nitrogens with zero attached hydrogens (tertiary/aromatic N) is 5. The number of piperazine rings is 1. The Hall–Kier alpha value is -3.56. The van der Waals surface area contributed by atoms with Gasteiger partial charge in [-0.05, 0) is 74.5 Å². The largest absolute Gasteiger partial charge is 0.508 e. The molecule has 0 radical (unpaired) electrons. The summed E-state index contributed by atoms with van der Waals surface area (Å²) in [5, 5.41) is 16.3. The van der Waals surface area contributed by atoms with Gasteiger partial charge in [-0.3, -0.25) is 9.88 Å². The molecular formula is C31H33FN6O2. The quantitative estimate of drug-likeness (QED) is 0.379. The van der Waals surface area contributed by atoms with Crippen molar-refractivity contribution in [3.8, 4) is 23.0 Å². The summed E-state index contributed by atoms with van der Waals surface area (Å²) in [5.41, 5.74) is 0.932. The van der Waals surface area contributed by atoms with E-state index >= 15 is 4.39 Å². The van der Waals surface area contributed by atoms with Crippen LogP contribution in [-0.2, 0) is 0 Å². The van der Waals surface area contributed by atoms with Gasteiger partial charge in [0.2, 0.25) is 0 Å². The summed E-state index contributed by atoms with van der Waals surface area (Å²) in [5.74, 6) is 0.223. The van der Waals surface area contributed by atoms with Gasteiger partial charge in [0.1, 0.15) is 29.4 Å². The average molecular weight is 541 g/mol. The highest BCUT2D eigenvalue weighted by Gasteiger charge is 2.45. The average Bonchev–Trinajstić information content (AvgIpc) is 3.65. The van der Waals surface area contributed by atoms with Crippen molar-refractivity contribution in [2.75, 3.05) is 37.7 Å². The molecule has 4 aromatic rings. The van der Waals surface area contributed by atoms with E-state index in [2.05, 4.69) is 25.1 Å². The molecule has 2 atom stereocenters. The summed E-state index contributed by atoms with van der Waals surface area (Å²) >= 11 is 0. The Morgan fingerprint density at radius 3 is 2.60 bits per heavy atom. The number of phenolic OH excluding ortho intramolecular Hbond substituents is 1. The van der Waals surface area contributed by atoms with E-state index in [0.29, 0.717) is 35.5 Å². The third-order valence-corrected chi connectivity index (χ3v) is 9.54. The monoisotopic (exact) mass is 540 g/mol. The molecule has 0 spiro atoms. The molecule has 2 bridgehead atoms. The van der Waals surface area contributed by atoms with Crippen molar-refractivity contribution in [3.63, 3.8) is 0 Å². The molecule has 206 valence electrons. The molecule has 2 unspecified atom stereocenters. The highest BCUT2D eigenvalue weighted by molar-refractivity contribution is 5.99. The first-order chi connectivity index (χ1) is 19.6. The second-order valence-electron chi connectivity index (χ2n) is 12.0. The number of nitrogens with one attached hydrogen (secondary N) is 1. The van der Waals surface area contributed by atoms with Crippen LogP contribution in [0.2, 0.25) is 0 Å². The fourth-order valence-corrected chi connectivity index (χ4v) is 7.64. The molecule has 0 saturated carbocycles. The molecule has 0 amide bonds. The number of benzene rings is 2. The third-order valence-electron chi connectivity index (χ3n) is 9.54. The predicted molar refractivity (Wildman–Crippen MR) is 152 cm³/mol. The standard InChI is InChI=1S/C31H33FN6O2/c32-26-27(24-14-22(39)13-19-5-1-2-6-23(19)24)33-15-25-28(26)35-30(40-18-31-9-3-11-38(31)12-4-10-31)36-29(25)37-16-20-7-8-21(17-37)34-20/h1-2,5-6,13-15,20-21,34,39H,3-4,7-12,16-18H2. The lowest BCUT2D eigenvalue weighted by Gasteiger charge is -2.34. The van der Waals surface area contributed by atoms with Crippen LogP contribution in [0, 0.1) is 5.82 Å². The summed E-state index contributed by atoms with van der Waals surface area (Å²) in [6.45, 7) is 4.35. The molecule has 4 aliphatic heterocycles. The van der Waals surface area contributed by atoms with Crippen LogP contribution in [0.1, 0.15) is 38.5 Å². The number of rotatable bonds is 5. The lowest BCUT2D eigenvalue weighted by molar-refractivity contribution is 0.108. The molecule has 8 rings (SSSR count). The van der Waals surface area contributed by atoms with E-state index in [1.54, 1.807) is 18.3 Å². The molecule has 8 nitrogen and oxygen atoms in total. The number of anilines is 1. The fraction of sp³-hybridized carbons (Fsp3) is 0.452. The molecule has 4 saturated heterocycles. The van der Waals surface area contributed by atoms with Gasteiger partial charge in [0.05, 0.1) is 10.9 Å². The highest BCUT2D eigenvalue weighted by Crippen LogP contribution is 2.40. The molecule has 40 heavy (non-hydrogen) atoms. The first-order valence-corrected chi connectivity index (χ1v) is 14.5. The van der Waals surface area contributed by atoms with Crippen molar-refractivity contribution in [2.45, 2.75) is 56.1 Å². The zero-order valence-corrected chi connectivity index (χ0v) is 22.4. The van der Waals surface area contributed by atoms with E-state index in [1.807, 2.05) is 24.3 Å². The molecule has 4 fully saturated rings. The number of ether oxygens (including phenoxy) is 1. The third kappa shape index (κ3) is 3.89. The summed E-state index contributed by atoms with van der Waals surface area (Å²) in [6.07, 6.45) is 8.53. The van der Waals surface area contributed by atoms with Crippen molar-refractivity contribution in [3.05, 3.63) is 48.4 Å². The van der Waals surface area contributed by atoms with Gasteiger partial charge in [0.15, 0.2) is 5.82 Å². The lowest BCUT2D eigenvalue weighted by Crippen LogP contribution is -2.51. The van der Waals surface area contributed by atoms with E-state index in [1.165, 1.54) is 12.8 Å². The molecule has 0 aliphatic carbocycles. The van der Waals surface area contributed by atoms with E-state index in [0.717, 1.165) is 62.6 Å². The first kappa shape index (κ1) is 24.3. The second kappa shape index (κ2) is 9.24. The zero-order valence-electron chi connectivity index (χ0n) is 22.4. The number of hydrogen-bond donors (Lipinski definition) is 2. The molecule has 4 aliphatic rings. The topological polar surface area (TPSA) is 86.6 Å². The maximum atomic E-state index is 16.5. The second-order valence-corrected chi connectivity index (χ2v) is 12.0. The van der Waals surface area contributed by atoms with Crippen molar-refractivity contribution in [1.82, 2.24) is 25.2 Å². The Morgan fingerprint density at radius 1 is 1.02 bits per heavy atom. The van der Waals surface area contributed by atoms with Gasteiger partial charge in [-0.1, -0.05) is 24.3 Å². The highest BCUT2D eigenvalue weighted by atomic mass is 19.1. The predicted octanol–water partition coefficient (Wildman–Crippen LogP) is 4.64. The van der Waals surface area contributed by atoms with Crippen molar-refractivity contribution >= 4 is 27.5 Å². The molecule has 2 aromatic carbocycles. The molecule has 9 heteroatoms. The van der Waals surface area contributed by atoms with E-state index in [-0.39, 0.29) is 28.5 Å². The summed E-state index contributed by atoms with van der Waals surface area (Å²) < 4.78 is 22.9. The minimum atomic E-state index is -0.526. The number of hydrogen-bond acceptors (Lipinski definition) is 8. The first-order valence-electron chi connectivity index (χ1n) is 14.5. The van der Waals surface area contributed by atoms with Gasteiger partial charge in [-0.15, -0.1) is 0 Å². The van der Waals surface area contributed by atoms with Gasteiger partial charge in [-0.25, -0.2) is 4.39 Å². The molecule has 6 heterocycles. The number of aromatic hydroxyl groups is 1. The van der Waals surface area contributed by atoms with Crippen LogP contribution in [0.3, 0.4) is 0 Å². The minimum absolute atomic E-state index is 0.0368. The Bertz CT molecular complexity index is 1610. The van der Waals surface area contributed by atoms with Crippen LogP contribution in [0.25, 0.3) is 32.9 Å². The van der Waals surface area contributed by atoms with Gasteiger partial charge in [-0.2, -0.15) is 9.97 Å². The SMILES string of the molecule is Oc1cc(-c2ncc3c(N4CC5CCC(C4)N5)nc(OCC45CCCN4CCC5)nc3c2F)c2ccccc2c1. The van der Waals surface area contributed by atoms with Crippen LogP contribution < -0.4 is 15.0 Å². The molecular weight excluding hydrogens is 507 g/mol. The van der Waals surface area contributed by atoms with E-state index < -0.39 is 5.82 Å². The Morgan fingerprint density at radius 2 is 1.80 bits per heavy atom. The van der Waals surface area contributed by atoms with Crippen LogP contribution in [0.4, 0.5) is 10.2 Å². The van der Waals surface area contributed by atoms with Crippen molar-refractivity contribution in [1.29, 1.82) is 0 Å². The molecule has 2 aromatic heterocycles. The smallest absolute Gasteiger partial charge is 0.319 e. The number of phenols is 1. The zero-order chi connectivity index (χ0) is 26.8. The van der Waals surface area contributed by atoms with Crippen LogP contribution in [0.5, 0.6) is 11.8 Å².